The fraction of sp³-hybridized carbons (Fsp3) is 0.571. The maximum absolute atomic E-state index is 13.7. The molecule has 0 saturated heterocycles. The average Bonchev–Trinajstić information content (AvgIpc) is 2.48. The van der Waals surface area contributed by atoms with Crippen molar-refractivity contribution in [2.45, 2.75) is 38.1 Å². The lowest BCUT2D eigenvalue weighted by Gasteiger charge is -2.40. The van der Waals surface area contributed by atoms with E-state index in [-0.39, 0.29) is 12.5 Å². The summed E-state index contributed by atoms with van der Waals surface area (Å²) < 4.78 is 67.0. The lowest BCUT2D eigenvalue weighted by atomic mass is 9.76. The zero-order valence-corrected chi connectivity index (χ0v) is 11.6. The average molecular weight is 308 g/mol. The first-order chi connectivity index (χ1) is 9.81. The molecular weight excluding hydrogens is 291 g/mol. The lowest BCUT2D eigenvalue weighted by Crippen LogP contribution is -2.49. The first kappa shape index (κ1) is 16.0. The van der Waals surface area contributed by atoms with E-state index in [4.69, 9.17) is 5.73 Å². The highest BCUT2D eigenvalue weighted by Gasteiger charge is 2.37. The van der Waals surface area contributed by atoms with Crippen LogP contribution in [0, 0.1) is 35.0 Å². The fourth-order valence-corrected chi connectivity index (χ4v) is 2.99. The Morgan fingerprint density at radius 1 is 1.05 bits per heavy atom. The summed E-state index contributed by atoms with van der Waals surface area (Å²) in [5, 5.41) is 2.50. The summed E-state index contributed by atoms with van der Waals surface area (Å²) in [5.41, 5.74) is 3.84. The molecule has 0 heterocycles. The largest absolute Gasteiger partial charge is 0.373 e. The van der Waals surface area contributed by atoms with Crippen molar-refractivity contribution in [3.8, 4) is 0 Å². The maximum Gasteiger partial charge on any atom is 0.200 e. The molecule has 21 heavy (non-hydrogen) atoms. The molecule has 2 nitrogen and oxygen atoms in total. The Labute approximate surface area is 119 Å². The summed E-state index contributed by atoms with van der Waals surface area (Å²) in [6, 6.07) is 0. The lowest BCUT2D eigenvalue weighted by molar-refractivity contribution is 0.261. The molecule has 118 valence electrons. The van der Waals surface area contributed by atoms with Gasteiger partial charge in [0, 0.05) is 12.1 Å². The smallest absolute Gasteiger partial charge is 0.200 e. The Balaban J connectivity index is 2.43. The summed E-state index contributed by atoms with van der Waals surface area (Å²) >= 11 is 0. The van der Waals surface area contributed by atoms with Crippen molar-refractivity contribution in [3.63, 3.8) is 0 Å². The summed E-state index contributed by atoms with van der Waals surface area (Å²) in [5.74, 6) is -9.50. The molecule has 2 atom stereocenters. The first-order valence-corrected chi connectivity index (χ1v) is 6.81. The molecule has 1 aliphatic carbocycles. The van der Waals surface area contributed by atoms with Gasteiger partial charge < -0.3 is 11.1 Å². The van der Waals surface area contributed by atoms with E-state index in [1.54, 1.807) is 0 Å². The molecule has 1 aromatic rings. The van der Waals surface area contributed by atoms with E-state index >= 15 is 0 Å². The van der Waals surface area contributed by atoms with Crippen molar-refractivity contribution in [1.82, 2.24) is 0 Å². The number of nitrogens with one attached hydrogen (secondary N) is 1. The molecule has 3 N–H and O–H groups in total. The van der Waals surface area contributed by atoms with Crippen molar-refractivity contribution in [2.24, 2.45) is 11.7 Å². The molecule has 1 fully saturated rings. The van der Waals surface area contributed by atoms with E-state index < -0.39 is 40.3 Å². The first-order valence-electron chi connectivity index (χ1n) is 6.81. The zero-order valence-electron chi connectivity index (χ0n) is 11.6. The molecule has 0 aromatic heterocycles. The van der Waals surface area contributed by atoms with E-state index in [0.717, 1.165) is 12.8 Å². The van der Waals surface area contributed by atoms with Crippen LogP contribution in [0.5, 0.6) is 0 Å². The summed E-state index contributed by atoms with van der Waals surface area (Å²) in [4.78, 5) is 0. The topological polar surface area (TPSA) is 38.0 Å². The van der Waals surface area contributed by atoms with Gasteiger partial charge in [0.2, 0.25) is 5.82 Å². The monoisotopic (exact) mass is 308 g/mol. The minimum absolute atomic E-state index is 0.0524. The van der Waals surface area contributed by atoms with Crippen LogP contribution >= 0.6 is 0 Å². The van der Waals surface area contributed by atoms with Crippen LogP contribution in [-0.2, 0) is 0 Å². The van der Waals surface area contributed by atoms with Crippen molar-refractivity contribution >= 4 is 5.69 Å². The van der Waals surface area contributed by atoms with Gasteiger partial charge in [0.15, 0.2) is 23.3 Å². The van der Waals surface area contributed by atoms with Gasteiger partial charge in [-0.2, -0.15) is 0 Å². The van der Waals surface area contributed by atoms with Gasteiger partial charge in [-0.1, -0.05) is 19.8 Å². The minimum Gasteiger partial charge on any atom is -0.373 e. The van der Waals surface area contributed by atoms with Crippen LogP contribution in [0.25, 0.3) is 0 Å². The van der Waals surface area contributed by atoms with Crippen molar-refractivity contribution < 1.29 is 22.0 Å². The normalized spacial score (nSPS) is 26.0. The third-order valence-electron chi connectivity index (χ3n) is 4.08. The Morgan fingerprint density at radius 3 is 2.05 bits per heavy atom. The SMILES string of the molecule is CC1CCCC(CN)(Nc2c(F)c(F)c(F)c(F)c2F)C1. The number of halogens is 5. The van der Waals surface area contributed by atoms with Gasteiger partial charge in [0.05, 0.1) is 0 Å². The maximum atomic E-state index is 13.7. The standard InChI is InChI=1S/C14H17F5N2/c1-7-3-2-4-14(5-7,6-20)21-13-11(18)9(16)8(15)10(17)12(13)19/h7,21H,2-6,20H2,1H3. The molecule has 2 unspecified atom stereocenters. The molecule has 7 heteroatoms. The summed E-state index contributed by atoms with van der Waals surface area (Å²) in [7, 11) is 0. The van der Waals surface area contributed by atoms with Gasteiger partial charge in [-0.25, -0.2) is 22.0 Å². The zero-order chi connectivity index (χ0) is 15.8. The number of rotatable bonds is 3. The van der Waals surface area contributed by atoms with E-state index in [0.29, 0.717) is 12.8 Å². The molecule has 1 saturated carbocycles. The van der Waals surface area contributed by atoms with Crippen LogP contribution in [0.15, 0.2) is 0 Å². The Morgan fingerprint density at radius 2 is 1.57 bits per heavy atom. The molecule has 2 rings (SSSR count). The molecule has 0 aliphatic heterocycles. The van der Waals surface area contributed by atoms with Gasteiger partial charge in [-0.05, 0) is 18.8 Å². The molecule has 0 bridgehead atoms. The number of nitrogens with two attached hydrogens (primary N) is 1. The highest BCUT2D eigenvalue weighted by Crippen LogP contribution is 2.37. The van der Waals surface area contributed by atoms with E-state index in [1.165, 1.54) is 0 Å². The third kappa shape index (κ3) is 2.84. The van der Waals surface area contributed by atoms with Crippen molar-refractivity contribution in [3.05, 3.63) is 29.1 Å². The summed E-state index contributed by atoms with van der Waals surface area (Å²) in [6.07, 6.45) is 2.76. The highest BCUT2D eigenvalue weighted by molar-refractivity contribution is 5.50. The third-order valence-corrected chi connectivity index (χ3v) is 4.08. The highest BCUT2D eigenvalue weighted by atomic mass is 19.2. The van der Waals surface area contributed by atoms with Crippen LogP contribution in [0.4, 0.5) is 27.6 Å². The molecule has 1 aromatic carbocycles. The Hall–Kier alpha value is -1.37. The second kappa shape index (κ2) is 5.79. The molecule has 0 radical (unpaired) electrons. The quantitative estimate of drug-likeness (QED) is 0.507. The summed E-state index contributed by atoms with van der Waals surface area (Å²) in [6.45, 7) is 2.01. The fourth-order valence-electron chi connectivity index (χ4n) is 2.99. The number of hydrogen-bond acceptors (Lipinski definition) is 2. The minimum atomic E-state index is -2.16. The van der Waals surface area contributed by atoms with Gasteiger partial charge >= 0.3 is 0 Å². The van der Waals surface area contributed by atoms with Gasteiger partial charge in [0.1, 0.15) is 5.69 Å². The molecule has 0 amide bonds. The molecular formula is C14H17F5N2. The van der Waals surface area contributed by atoms with Crippen LogP contribution in [0.1, 0.15) is 32.6 Å². The van der Waals surface area contributed by atoms with Gasteiger partial charge in [0.25, 0.3) is 0 Å². The number of anilines is 1. The Kier molecular flexibility index (Phi) is 4.41. The number of hydrogen-bond donors (Lipinski definition) is 2. The van der Waals surface area contributed by atoms with E-state index in [9.17, 15) is 22.0 Å². The van der Waals surface area contributed by atoms with Gasteiger partial charge in [-0.3, -0.25) is 0 Å². The van der Waals surface area contributed by atoms with E-state index in [1.807, 2.05) is 6.92 Å². The Bertz CT molecular complexity index is 520. The van der Waals surface area contributed by atoms with Crippen molar-refractivity contribution in [1.29, 1.82) is 0 Å². The predicted octanol–water partition coefficient (Wildman–Crippen LogP) is 3.70. The van der Waals surface area contributed by atoms with Crippen LogP contribution in [0.2, 0.25) is 0 Å². The van der Waals surface area contributed by atoms with Gasteiger partial charge in [-0.15, -0.1) is 0 Å². The number of benzene rings is 1. The van der Waals surface area contributed by atoms with Crippen molar-refractivity contribution in [2.75, 3.05) is 11.9 Å². The van der Waals surface area contributed by atoms with Crippen LogP contribution < -0.4 is 11.1 Å². The molecule has 0 spiro atoms. The van der Waals surface area contributed by atoms with E-state index in [2.05, 4.69) is 5.32 Å². The molecule has 1 aliphatic rings. The van der Waals surface area contributed by atoms with Crippen LogP contribution in [-0.4, -0.2) is 12.1 Å². The van der Waals surface area contributed by atoms with Crippen LogP contribution in [0.3, 0.4) is 0 Å². The second-order valence-electron chi connectivity index (χ2n) is 5.76. The predicted molar refractivity (Wildman–Crippen MR) is 69.3 cm³/mol. The second-order valence-corrected chi connectivity index (χ2v) is 5.76.